The molecule has 10 heteroatoms. The van der Waals surface area contributed by atoms with Crippen molar-refractivity contribution >= 4 is 23.9 Å². The fraction of sp³-hybridized carbons (Fsp3) is 0.412. The number of hydrogen-bond acceptors (Lipinski definition) is 7. The Bertz CT molecular complexity index is 664. The Labute approximate surface area is 156 Å². The summed E-state index contributed by atoms with van der Waals surface area (Å²) < 4.78 is 9.47. The van der Waals surface area contributed by atoms with Crippen LogP contribution in [0.4, 0.5) is 4.79 Å². The number of rotatable bonds is 9. The van der Waals surface area contributed by atoms with Gasteiger partial charge in [-0.25, -0.2) is 9.59 Å². The Balaban J connectivity index is 2.72. The summed E-state index contributed by atoms with van der Waals surface area (Å²) in [6.07, 6.45) is -2.74. The molecule has 10 nitrogen and oxygen atoms in total. The van der Waals surface area contributed by atoms with Crippen LogP contribution in [0.2, 0.25) is 0 Å². The number of amides is 3. The van der Waals surface area contributed by atoms with Crippen LogP contribution in [-0.4, -0.2) is 54.3 Å². The van der Waals surface area contributed by atoms with Crippen LogP contribution < -0.4 is 16.4 Å². The van der Waals surface area contributed by atoms with E-state index in [1.807, 2.05) is 0 Å². The molecule has 0 fully saturated rings. The van der Waals surface area contributed by atoms with E-state index in [-0.39, 0.29) is 6.61 Å². The molecule has 0 saturated heterocycles. The van der Waals surface area contributed by atoms with Crippen LogP contribution in [0.3, 0.4) is 0 Å². The molecule has 0 heterocycles. The van der Waals surface area contributed by atoms with Crippen LogP contribution in [0.5, 0.6) is 0 Å². The van der Waals surface area contributed by atoms with Gasteiger partial charge in [0.15, 0.2) is 6.04 Å². The van der Waals surface area contributed by atoms with Gasteiger partial charge in [0, 0.05) is 0 Å². The summed E-state index contributed by atoms with van der Waals surface area (Å²) in [6.45, 7) is 1.22. The Morgan fingerprint density at radius 2 is 1.78 bits per heavy atom. The molecule has 0 aromatic heterocycles. The number of benzene rings is 1. The number of esters is 1. The molecule has 1 aromatic rings. The number of nitrogens with one attached hydrogen (secondary N) is 2. The van der Waals surface area contributed by atoms with Crippen LogP contribution in [0.25, 0.3) is 0 Å². The maximum atomic E-state index is 12.3. The van der Waals surface area contributed by atoms with Crippen molar-refractivity contribution < 1.29 is 33.8 Å². The lowest BCUT2D eigenvalue weighted by atomic mass is 10.1. The van der Waals surface area contributed by atoms with Gasteiger partial charge >= 0.3 is 12.1 Å². The van der Waals surface area contributed by atoms with Crippen LogP contribution in [0.15, 0.2) is 30.3 Å². The summed E-state index contributed by atoms with van der Waals surface area (Å²) in [5.41, 5.74) is 5.82. The average Bonchev–Trinajstić information content (AvgIpc) is 2.63. The van der Waals surface area contributed by atoms with E-state index in [0.29, 0.717) is 0 Å². The summed E-state index contributed by atoms with van der Waals surface area (Å²) in [4.78, 5) is 47.0. The van der Waals surface area contributed by atoms with E-state index in [1.165, 1.54) is 6.92 Å². The van der Waals surface area contributed by atoms with E-state index < -0.39 is 48.5 Å². The number of hydrogen-bond donors (Lipinski definition) is 4. The van der Waals surface area contributed by atoms with Gasteiger partial charge in [0.05, 0.1) is 19.6 Å². The predicted octanol–water partition coefficient (Wildman–Crippen LogP) is -0.805. The molecule has 27 heavy (non-hydrogen) atoms. The SMILES string of the molecule is COC(=O)[C@H](NC(=O)[C@@H](CC(N)=O)NC(=O)OCc1ccccc1)[C@H](C)O. The highest BCUT2D eigenvalue weighted by atomic mass is 16.5. The van der Waals surface area contributed by atoms with Crippen molar-refractivity contribution in [3.05, 3.63) is 35.9 Å². The zero-order chi connectivity index (χ0) is 20.4. The van der Waals surface area contributed by atoms with Crippen molar-refractivity contribution in [1.82, 2.24) is 10.6 Å². The van der Waals surface area contributed by atoms with Crippen molar-refractivity contribution in [1.29, 1.82) is 0 Å². The maximum absolute atomic E-state index is 12.3. The fourth-order valence-electron chi connectivity index (χ4n) is 2.07. The Morgan fingerprint density at radius 3 is 2.30 bits per heavy atom. The highest BCUT2D eigenvalue weighted by Crippen LogP contribution is 2.03. The first-order valence-corrected chi connectivity index (χ1v) is 8.06. The van der Waals surface area contributed by atoms with Gasteiger partial charge in [0.1, 0.15) is 12.6 Å². The average molecular weight is 381 g/mol. The number of nitrogens with two attached hydrogens (primary N) is 1. The molecular weight excluding hydrogens is 358 g/mol. The molecule has 5 N–H and O–H groups in total. The van der Waals surface area contributed by atoms with E-state index in [2.05, 4.69) is 15.4 Å². The lowest BCUT2D eigenvalue weighted by Gasteiger charge is -2.22. The van der Waals surface area contributed by atoms with Crippen LogP contribution in [0, 0.1) is 0 Å². The third kappa shape index (κ3) is 7.74. The number of methoxy groups -OCH3 is 1. The third-order valence-electron chi connectivity index (χ3n) is 3.46. The molecule has 0 aliphatic heterocycles. The third-order valence-corrected chi connectivity index (χ3v) is 3.46. The van der Waals surface area contributed by atoms with Gasteiger partial charge in [-0.2, -0.15) is 0 Å². The molecule has 1 rings (SSSR count). The fourth-order valence-corrected chi connectivity index (χ4v) is 2.07. The number of primary amides is 1. The summed E-state index contributed by atoms with van der Waals surface area (Å²) >= 11 is 0. The molecule has 148 valence electrons. The van der Waals surface area contributed by atoms with Crippen molar-refractivity contribution in [3.63, 3.8) is 0 Å². The minimum absolute atomic E-state index is 0.0456. The molecule has 0 spiro atoms. The van der Waals surface area contributed by atoms with E-state index in [0.717, 1.165) is 12.7 Å². The van der Waals surface area contributed by atoms with Gasteiger partial charge < -0.3 is 30.9 Å². The molecule has 0 aliphatic rings. The second kappa shape index (κ2) is 10.8. The molecule has 0 unspecified atom stereocenters. The summed E-state index contributed by atoms with van der Waals surface area (Å²) in [7, 11) is 1.09. The number of carbonyl (C=O) groups is 4. The normalized spacial score (nSPS) is 13.6. The van der Waals surface area contributed by atoms with Crippen molar-refractivity contribution in [2.45, 2.75) is 38.1 Å². The molecule has 1 aromatic carbocycles. The first-order valence-electron chi connectivity index (χ1n) is 8.06. The molecule has 0 saturated carbocycles. The summed E-state index contributed by atoms with van der Waals surface area (Å²) in [6, 6.07) is 6.05. The number of alkyl carbamates (subject to hydrolysis) is 1. The molecule has 0 radical (unpaired) electrons. The topological polar surface area (TPSA) is 157 Å². The van der Waals surface area contributed by atoms with Gasteiger partial charge in [-0.05, 0) is 12.5 Å². The predicted molar refractivity (Wildman–Crippen MR) is 93.0 cm³/mol. The van der Waals surface area contributed by atoms with Gasteiger partial charge in [0.25, 0.3) is 0 Å². The molecule has 3 atom stereocenters. The summed E-state index contributed by atoms with van der Waals surface area (Å²) in [5.74, 6) is -2.64. The molecule has 0 aliphatic carbocycles. The highest BCUT2D eigenvalue weighted by Gasteiger charge is 2.31. The smallest absolute Gasteiger partial charge is 0.408 e. The molecule has 0 bridgehead atoms. The number of aliphatic hydroxyl groups is 1. The molecule has 3 amide bonds. The number of carbonyl (C=O) groups excluding carboxylic acids is 4. The largest absolute Gasteiger partial charge is 0.467 e. The lowest BCUT2D eigenvalue weighted by molar-refractivity contribution is -0.148. The Kier molecular flexibility index (Phi) is 8.73. The van der Waals surface area contributed by atoms with Crippen LogP contribution in [-0.2, 0) is 30.5 Å². The highest BCUT2D eigenvalue weighted by molar-refractivity contribution is 5.93. The summed E-state index contributed by atoms with van der Waals surface area (Å²) in [5, 5.41) is 14.0. The van der Waals surface area contributed by atoms with Crippen molar-refractivity contribution in [2.24, 2.45) is 5.73 Å². The lowest BCUT2D eigenvalue weighted by Crippen LogP contribution is -2.55. The van der Waals surface area contributed by atoms with E-state index in [9.17, 15) is 24.3 Å². The minimum Gasteiger partial charge on any atom is -0.467 e. The Hall–Kier alpha value is -3.14. The quantitative estimate of drug-likeness (QED) is 0.408. The zero-order valence-corrected chi connectivity index (χ0v) is 15.0. The van der Waals surface area contributed by atoms with Gasteiger partial charge in [0.2, 0.25) is 11.8 Å². The Morgan fingerprint density at radius 1 is 1.15 bits per heavy atom. The number of ether oxygens (including phenoxy) is 2. The first kappa shape index (κ1) is 21.9. The maximum Gasteiger partial charge on any atom is 0.408 e. The standard InChI is InChI=1S/C17H23N3O7/c1-10(21)14(16(24)26-2)20-15(23)12(8-13(18)22)19-17(25)27-9-11-6-4-3-5-7-11/h3-7,10,12,14,21H,8-9H2,1-2H3,(H2,18,22)(H,19,25)(H,20,23)/t10-,12+,14+/m0/s1. The molecular formula is C17H23N3O7. The van der Waals surface area contributed by atoms with Gasteiger partial charge in [-0.1, -0.05) is 30.3 Å². The first-order chi connectivity index (χ1) is 12.7. The van der Waals surface area contributed by atoms with Crippen LogP contribution in [0.1, 0.15) is 18.9 Å². The van der Waals surface area contributed by atoms with E-state index in [1.54, 1.807) is 30.3 Å². The van der Waals surface area contributed by atoms with Gasteiger partial charge in [-0.15, -0.1) is 0 Å². The van der Waals surface area contributed by atoms with Crippen LogP contribution >= 0.6 is 0 Å². The monoisotopic (exact) mass is 381 g/mol. The minimum atomic E-state index is -1.39. The van der Waals surface area contributed by atoms with E-state index >= 15 is 0 Å². The van der Waals surface area contributed by atoms with Gasteiger partial charge in [-0.3, -0.25) is 9.59 Å². The second-order valence-electron chi connectivity index (χ2n) is 5.68. The number of aliphatic hydroxyl groups excluding tert-OH is 1. The van der Waals surface area contributed by atoms with Crippen molar-refractivity contribution in [3.8, 4) is 0 Å². The second-order valence-corrected chi connectivity index (χ2v) is 5.68. The zero-order valence-electron chi connectivity index (χ0n) is 15.0. The van der Waals surface area contributed by atoms with Crippen molar-refractivity contribution in [2.75, 3.05) is 7.11 Å². The van der Waals surface area contributed by atoms with E-state index in [4.69, 9.17) is 10.5 Å².